The van der Waals surface area contributed by atoms with E-state index in [-0.39, 0.29) is 12.2 Å². The van der Waals surface area contributed by atoms with Crippen LogP contribution >= 0.6 is 11.9 Å². The Kier molecular flexibility index (Phi) is 5.12. The lowest BCUT2D eigenvalue weighted by molar-refractivity contribution is -0.164. The Morgan fingerprint density at radius 3 is 2.58 bits per heavy atom. The van der Waals surface area contributed by atoms with Gasteiger partial charge in [0.15, 0.2) is 0 Å². The summed E-state index contributed by atoms with van der Waals surface area (Å²) in [6.07, 6.45) is -0.118. The van der Waals surface area contributed by atoms with Crippen LogP contribution in [0.2, 0.25) is 0 Å². The number of hydrogen-bond acceptors (Lipinski definition) is 5. The van der Waals surface area contributed by atoms with E-state index in [1.54, 1.807) is 24.1 Å². The van der Waals surface area contributed by atoms with E-state index < -0.39 is 5.97 Å². The summed E-state index contributed by atoms with van der Waals surface area (Å²) in [5, 5.41) is 10.6. The summed E-state index contributed by atoms with van der Waals surface area (Å²) in [5.41, 5.74) is 1.73. The zero-order valence-corrected chi connectivity index (χ0v) is 17.9. The van der Waals surface area contributed by atoms with E-state index in [1.165, 1.54) is 12.1 Å². The number of aliphatic carboxylic acids is 1. The number of rotatable bonds is 6. The zero-order valence-electron chi connectivity index (χ0n) is 17.1. The molecule has 31 heavy (non-hydrogen) atoms. The molecule has 2 fully saturated rings. The number of benzene rings is 3. The summed E-state index contributed by atoms with van der Waals surface area (Å²) in [6, 6.07) is 14.0. The van der Waals surface area contributed by atoms with Crippen molar-refractivity contribution >= 4 is 28.7 Å². The van der Waals surface area contributed by atoms with Crippen LogP contribution in [0.4, 0.5) is 4.39 Å². The normalized spacial score (nSPS) is 17.4. The number of fused-ring (bicyclic) bond motifs is 1. The summed E-state index contributed by atoms with van der Waals surface area (Å²) in [5.74, 6) is -0.168. The third-order valence-corrected chi connectivity index (χ3v) is 6.87. The number of hydrogen-bond donors (Lipinski definition) is 1. The molecule has 0 bridgehead atoms. The van der Waals surface area contributed by atoms with Crippen LogP contribution in [0, 0.1) is 18.2 Å². The summed E-state index contributed by atoms with van der Waals surface area (Å²) >= 11 is 1.72. The minimum absolute atomic E-state index is 0.118. The fourth-order valence-electron chi connectivity index (χ4n) is 4.15. The Balaban J connectivity index is 1.38. The van der Waals surface area contributed by atoms with Crippen LogP contribution in [-0.4, -0.2) is 41.7 Å². The minimum atomic E-state index is -0.918. The lowest BCUT2D eigenvalue weighted by Gasteiger charge is -2.54. The van der Waals surface area contributed by atoms with Crippen molar-refractivity contribution in [1.82, 2.24) is 4.31 Å². The largest absolute Gasteiger partial charge is 0.481 e. The first-order valence-electron chi connectivity index (χ1n) is 10.1. The number of ether oxygens (including phenoxy) is 2. The molecular formula is C24H22FNO4S. The third kappa shape index (κ3) is 4.01. The van der Waals surface area contributed by atoms with Crippen molar-refractivity contribution in [3.63, 3.8) is 0 Å². The lowest BCUT2D eigenvalue weighted by atomic mass is 9.80. The molecule has 0 radical (unpaired) electrons. The summed E-state index contributed by atoms with van der Waals surface area (Å²) < 4.78 is 27.7. The molecule has 2 saturated heterocycles. The maximum absolute atomic E-state index is 13.9. The topological polar surface area (TPSA) is 59.0 Å². The van der Waals surface area contributed by atoms with E-state index in [2.05, 4.69) is 4.31 Å². The highest BCUT2D eigenvalue weighted by Crippen LogP contribution is 2.43. The molecule has 0 unspecified atom stereocenters. The smallest absolute Gasteiger partial charge is 0.307 e. The molecule has 3 aromatic carbocycles. The fraction of sp³-hybridized carbons (Fsp3) is 0.292. The van der Waals surface area contributed by atoms with E-state index in [0.717, 1.165) is 36.6 Å². The quantitative estimate of drug-likeness (QED) is 0.543. The van der Waals surface area contributed by atoms with Crippen LogP contribution in [0.3, 0.4) is 0 Å². The molecule has 2 aliphatic rings. The second-order valence-corrected chi connectivity index (χ2v) is 9.55. The Hall–Kier alpha value is -2.61. The fourth-order valence-corrected chi connectivity index (χ4v) is 5.38. The Labute approximate surface area is 183 Å². The highest BCUT2D eigenvalue weighted by molar-refractivity contribution is 7.97. The van der Waals surface area contributed by atoms with Gasteiger partial charge in [-0.3, -0.25) is 4.79 Å². The van der Waals surface area contributed by atoms with Gasteiger partial charge in [0.25, 0.3) is 0 Å². The van der Waals surface area contributed by atoms with Crippen molar-refractivity contribution in [3.8, 4) is 11.5 Å². The van der Waals surface area contributed by atoms with E-state index in [0.29, 0.717) is 33.4 Å². The van der Waals surface area contributed by atoms with E-state index >= 15 is 0 Å². The highest BCUT2D eigenvalue weighted by Gasteiger charge is 2.49. The van der Waals surface area contributed by atoms with Gasteiger partial charge in [0.1, 0.15) is 17.3 Å². The van der Waals surface area contributed by atoms with Gasteiger partial charge in [0.2, 0.25) is 0 Å². The average molecular weight is 440 g/mol. The number of carboxylic acids is 1. The van der Waals surface area contributed by atoms with Crippen molar-refractivity contribution in [3.05, 3.63) is 65.5 Å². The third-order valence-electron chi connectivity index (χ3n) is 5.87. The maximum Gasteiger partial charge on any atom is 0.307 e. The molecule has 5 rings (SSSR count). The molecular weight excluding hydrogens is 417 g/mol. The summed E-state index contributed by atoms with van der Waals surface area (Å²) in [6.45, 7) is 5.63. The molecule has 0 aromatic heterocycles. The molecule has 2 aliphatic heterocycles. The zero-order chi connectivity index (χ0) is 21.6. The van der Waals surface area contributed by atoms with Crippen molar-refractivity contribution < 1.29 is 23.8 Å². The van der Waals surface area contributed by atoms with Gasteiger partial charge in [0.05, 0.1) is 19.6 Å². The van der Waals surface area contributed by atoms with Crippen LogP contribution in [0.1, 0.15) is 11.1 Å². The molecule has 160 valence electrons. The number of carboxylic acid groups (broad SMARTS) is 1. The van der Waals surface area contributed by atoms with Crippen LogP contribution in [-0.2, 0) is 16.0 Å². The molecule has 5 nitrogen and oxygen atoms in total. The first-order valence-corrected chi connectivity index (χ1v) is 10.9. The molecule has 3 aromatic rings. The van der Waals surface area contributed by atoms with E-state index in [4.69, 9.17) is 9.47 Å². The van der Waals surface area contributed by atoms with Crippen LogP contribution in [0.5, 0.6) is 11.5 Å². The molecule has 2 heterocycles. The predicted octanol–water partition coefficient (Wildman–Crippen LogP) is 5.05. The minimum Gasteiger partial charge on any atom is -0.481 e. The summed E-state index contributed by atoms with van der Waals surface area (Å²) in [7, 11) is 0. The SMILES string of the molecule is Cc1c(CC(=O)O)cc2ccc(F)cc2c1Oc1ccc(SN2CC3(COC3)C2)cc1. The Morgan fingerprint density at radius 2 is 1.94 bits per heavy atom. The Bertz CT molecular complexity index is 1150. The molecule has 0 atom stereocenters. The van der Waals surface area contributed by atoms with Crippen molar-refractivity contribution in [1.29, 1.82) is 0 Å². The predicted molar refractivity (Wildman–Crippen MR) is 117 cm³/mol. The molecule has 0 aliphatic carbocycles. The lowest BCUT2D eigenvalue weighted by Crippen LogP contribution is -2.63. The van der Waals surface area contributed by atoms with Crippen LogP contribution < -0.4 is 4.74 Å². The first kappa shape index (κ1) is 20.3. The van der Waals surface area contributed by atoms with Crippen molar-refractivity contribution in [2.45, 2.75) is 18.2 Å². The van der Waals surface area contributed by atoms with Gasteiger partial charge < -0.3 is 14.6 Å². The first-order chi connectivity index (χ1) is 14.9. The second kappa shape index (κ2) is 7.82. The van der Waals surface area contributed by atoms with Gasteiger partial charge in [-0.2, -0.15) is 0 Å². The number of nitrogens with zero attached hydrogens (tertiary/aromatic N) is 1. The summed E-state index contributed by atoms with van der Waals surface area (Å²) in [4.78, 5) is 12.4. The molecule has 1 spiro atoms. The number of carbonyl (C=O) groups is 1. The second-order valence-electron chi connectivity index (χ2n) is 8.38. The molecule has 7 heteroatoms. The van der Waals surface area contributed by atoms with Crippen LogP contribution in [0.15, 0.2) is 53.4 Å². The van der Waals surface area contributed by atoms with Crippen LogP contribution in [0.25, 0.3) is 10.8 Å². The molecule has 0 saturated carbocycles. The van der Waals surface area contributed by atoms with Crippen molar-refractivity contribution in [2.24, 2.45) is 5.41 Å². The number of halogens is 1. The average Bonchev–Trinajstić information content (AvgIpc) is 2.67. The molecule has 0 amide bonds. The standard InChI is InChI=1S/C24H22FNO4S/c1-15-17(9-22(27)28)8-16-2-3-18(25)10-21(16)23(15)30-19-4-6-20(7-5-19)31-26-11-24(12-26)13-29-14-24/h2-8,10H,9,11-14H2,1H3,(H,27,28). The Morgan fingerprint density at radius 1 is 1.19 bits per heavy atom. The van der Waals surface area contributed by atoms with Gasteiger partial charge in [-0.25, -0.2) is 8.70 Å². The van der Waals surface area contributed by atoms with Gasteiger partial charge in [-0.05, 0) is 71.8 Å². The van der Waals surface area contributed by atoms with Crippen molar-refractivity contribution in [2.75, 3.05) is 26.3 Å². The van der Waals surface area contributed by atoms with Gasteiger partial charge in [0, 0.05) is 28.8 Å². The monoisotopic (exact) mass is 439 g/mol. The van der Waals surface area contributed by atoms with Gasteiger partial charge in [-0.1, -0.05) is 12.1 Å². The maximum atomic E-state index is 13.9. The molecule has 1 N–H and O–H groups in total. The van der Waals surface area contributed by atoms with E-state index in [1.807, 2.05) is 31.2 Å². The van der Waals surface area contributed by atoms with E-state index in [9.17, 15) is 14.3 Å². The van der Waals surface area contributed by atoms with Gasteiger partial charge >= 0.3 is 5.97 Å². The van der Waals surface area contributed by atoms with Gasteiger partial charge in [-0.15, -0.1) is 0 Å². The highest BCUT2D eigenvalue weighted by atomic mass is 32.2.